The van der Waals surface area contributed by atoms with Gasteiger partial charge in [0.2, 0.25) is 5.91 Å². The van der Waals surface area contributed by atoms with Gasteiger partial charge in [0.05, 0.1) is 23.8 Å². The van der Waals surface area contributed by atoms with Gasteiger partial charge in [-0.05, 0) is 18.2 Å². The molecule has 0 aliphatic heterocycles. The number of ketones is 1. The number of nitrogens with one attached hydrogen (secondary N) is 2. The molecule has 0 aliphatic rings. The average Bonchev–Trinajstić information content (AvgIpc) is 2.95. The van der Waals surface area contributed by atoms with Crippen molar-refractivity contribution in [3.05, 3.63) is 60.4 Å². The first-order chi connectivity index (χ1) is 10.2. The first-order valence-electron chi connectivity index (χ1n) is 6.53. The number of carbonyl (C=O) groups is 2. The van der Waals surface area contributed by atoms with Crippen LogP contribution in [0, 0.1) is 0 Å². The highest BCUT2D eigenvalue weighted by molar-refractivity contribution is 6.11. The number of rotatable bonds is 4. The Bertz CT molecular complexity index is 793. The number of anilines is 1. The van der Waals surface area contributed by atoms with Crippen LogP contribution in [0.25, 0.3) is 11.0 Å². The van der Waals surface area contributed by atoms with E-state index in [1.165, 1.54) is 0 Å². The fourth-order valence-electron chi connectivity index (χ4n) is 2.09. The number of benzene rings is 2. The van der Waals surface area contributed by atoms with Crippen molar-refractivity contribution in [1.82, 2.24) is 9.97 Å². The number of fused-ring (bicyclic) bond motifs is 1. The molecule has 0 saturated carbocycles. The summed E-state index contributed by atoms with van der Waals surface area (Å²) < 4.78 is 0. The van der Waals surface area contributed by atoms with Gasteiger partial charge in [0.25, 0.3) is 0 Å². The molecule has 0 atom stereocenters. The smallest absolute Gasteiger partial charge is 0.232 e. The predicted molar refractivity (Wildman–Crippen MR) is 80.1 cm³/mol. The van der Waals surface area contributed by atoms with Crippen LogP contribution in [0.1, 0.15) is 16.8 Å². The highest BCUT2D eigenvalue weighted by atomic mass is 16.2. The minimum atomic E-state index is -0.331. The monoisotopic (exact) mass is 279 g/mol. The number of hydrogen-bond acceptors (Lipinski definition) is 3. The first kappa shape index (κ1) is 13.1. The molecule has 3 aromatic rings. The summed E-state index contributed by atoms with van der Waals surface area (Å²) >= 11 is 0. The van der Waals surface area contributed by atoms with Gasteiger partial charge in [-0.1, -0.05) is 30.3 Å². The number of nitrogens with zero attached hydrogens (tertiary/aromatic N) is 1. The molecule has 21 heavy (non-hydrogen) atoms. The van der Waals surface area contributed by atoms with Gasteiger partial charge in [-0.15, -0.1) is 0 Å². The van der Waals surface area contributed by atoms with Gasteiger partial charge in [-0.2, -0.15) is 0 Å². The number of carbonyl (C=O) groups excluding carboxylic acids is 2. The Kier molecular flexibility index (Phi) is 3.47. The number of amides is 1. The first-order valence-corrected chi connectivity index (χ1v) is 6.53. The average molecular weight is 279 g/mol. The summed E-state index contributed by atoms with van der Waals surface area (Å²) in [5.74, 6) is -0.529. The van der Waals surface area contributed by atoms with E-state index in [1.54, 1.807) is 48.8 Å². The van der Waals surface area contributed by atoms with E-state index in [9.17, 15) is 9.59 Å². The Morgan fingerprint density at radius 1 is 1.10 bits per heavy atom. The molecule has 0 unspecified atom stereocenters. The highest BCUT2D eigenvalue weighted by Gasteiger charge is 2.11. The number of aromatic nitrogens is 2. The van der Waals surface area contributed by atoms with Gasteiger partial charge in [0.15, 0.2) is 5.78 Å². The molecule has 5 heteroatoms. The molecule has 0 saturated heterocycles. The van der Waals surface area contributed by atoms with Crippen molar-refractivity contribution in [2.75, 3.05) is 5.32 Å². The third-order valence-electron chi connectivity index (χ3n) is 3.12. The lowest BCUT2D eigenvalue weighted by Crippen LogP contribution is -2.16. The molecule has 104 valence electrons. The lowest BCUT2D eigenvalue weighted by molar-refractivity contribution is -0.115. The molecule has 0 fully saturated rings. The molecule has 0 bridgehead atoms. The summed E-state index contributed by atoms with van der Waals surface area (Å²) in [4.78, 5) is 30.9. The van der Waals surface area contributed by atoms with Crippen molar-refractivity contribution in [3.63, 3.8) is 0 Å². The summed E-state index contributed by atoms with van der Waals surface area (Å²) in [6.45, 7) is 0. The van der Waals surface area contributed by atoms with Crippen LogP contribution in [-0.2, 0) is 4.79 Å². The van der Waals surface area contributed by atoms with E-state index in [4.69, 9.17) is 0 Å². The van der Waals surface area contributed by atoms with Crippen molar-refractivity contribution in [2.24, 2.45) is 0 Å². The third kappa shape index (κ3) is 2.97. The predicted octanol–water partition coefficient (Wildman–Crippen LogP) is 2.77. The normalized spacial score (nSPS) is 10.5. The summed E-state index contributed by atoms with van der Waals surface area (Å²) in [6, 6.07) is 14.1. The summed E-state index contributed by atoms with van der Waals surface area (Å²) in [5, 5.41) is 2.72. The van der Waals surface area contributed by atoms with E-state index < -0.39 is 0 Å². The maximum Gasteiger partial charge on any atom is 0.232 e. The lowest BCUT2D eigenvalue weighted by atomic mass is 10.1. The van der Waals surface area contributed by atoms with E-state index in [2.05, 4.69) is 15.3 Å². The molecule has 0 radical (unpaired) electrons. The molecule has 5 nitrogen and oxygen atoms in total. The zero-order chi connectivity index (χ0) is 14.7. The van der Waals surface area contributed by atoms with E-state index in [0.29, 0.717) is 11.3 Å². The molecule has 2 N–H and O–H groups in total. The molecular formula is C16H13N3O2. The Balaban J connectivity index is 1.67. The second kappa shape index (κ2) is 5.58. The van der Waals surface area contributed by atoms with Crippen molar-refractivity contribution in [2.45, 2.75) is 6.42 Å². The van der Waals surface area contributed by atoms with Crippen LogP contribution in [0.5, 0.6) is 0 Å². The van der Waals surface area contributed by atoms with Crippen LogP contribution in [0.15, 0.2) is 54.9 Å². The quantitative estimate of drug-likeness (QED) is 0.569. The number of Topliss-reactive ketones (excluding diaryl/α,β-unsaturated/α-hetero) is 1. The minimum absolute atomic E-state index is 0.176. The van der Waals surface area contributed by atoms with Crippen molar-refractivity contribution >= 4 is 28.4 Å². The van der Waals surface area contributed by atoms with E-state index in [0.717, 1.165) is 11.0 Å². The lowest BCUT2D eigenvalue weighted by Gasteiger charge is -2.05. The van der Waals surface area contributed by atoms with Crippen LogP contribution in [-0.4, -0.2) is 21.7 Å². The molecule has 0 aliphatic carbocycles. The van der Waals surface area contributed by atoms with Gasteiger partial charge in [0.1, 0.15) is 0 Å². The van der Waals surface area contributed by atoms with E-state index in [-0.39, 0.29) is 18.1 Å². The summed E-state index contributed by atoms with van der Waals surface area (Å²) in [7, 11) is 0. The standard InChI is InChI=1S/C16H13N3O2/c20-15(11-4-2-1-3-5-11)9-16(21)19-12-6-7-13-14(8-12)18-10-17-13/h1-8,10H,9H2,(H,17,18)(H,19,21). The zero-order valence-electron chi connectivity index (χ0n) is 11.2. The highest BCUT2D eigenvalue weighted by Crippen LogP contribution is 2.16. The number of H-pyrrole nitrogens is 1. The zero-order valence-corrected chi connectivity index (χ0v) is 11.2. The second-order valence-electron chi connectivity index (χ2n) is 4.65. The molecule has 3 rings (SSSR count). The van der Waals surface area contributed by atoms with Gasteiger partial charge < -0.3 is 10.3 Å². The van der Waals surface area contributed by atoms with Gasteiger partial charge >= 0.3 is 0 Å². The maximum absolute atomic E-state index is 11.9. The molecule has 1 aromatic heterocycles. The Labute approximate surface area is 121 Å². The maximum atomic E-state index is 11.9. The van der Waals surface area contributed by atoms with Gasteiger partial charge in [-0.3, -0.25) is 9.59 Å². The Morgan fingerprint density at radius 2 is 1.90 bits per heavy atom. The van der Waals surface area contributed by atoms with E-state index in [1.807, 2.05) is 6.07 Å². The summed E-state index contributed by atoms with van der Waals surface area (Å²) in [5.41, 5.74) is 2.84. The molecule has 1 amide bonds. The van der Waals surface area contributed by atoms with Crippen LogP contribution in [0.3, 0.4) is 0 Å². The summed E-state index contributed by atoms with van der Waals surface area (Å²) in [6.07, 6.45) is 1.42. The van der Waals surface area contributed by atoms with Crippen molar-refractivity contribution in [3.8, 4) is 0 Å². The van der Waals surface area contributed by atoms with Crippen molar-refractivity contribution in [1.29, 1.82) is 0 Å². The third-order valence-corrected chi connectivity index (χ3v) is 3.12. The molecule has 1 heterocycles. The minimum Gasteiger partial charge on any atom is -0.345 e. The number of aromatic amines is 1. The van der Waals surface area contributed by atoms with Crippen LogP contribution >= 0.6 is 0 Å². The van der Waals surface area contributed by atoms with Gasteiger partial charge in [0, 0.05) is 11.3 Å². The largest absolute Gasteiger partial charge is 0.345 e. The molecule has 0 spiro atoms. The van der Waals surface area contributed by atoms with Gasteiger partial charge in [-0.25, -0.2) is 4.98 Å². The second-order valence-corrected chi connectivity index (χ2v) is 4.65. The Morgan fingerprint density at radius 3 is 2.71 bits per heavy atom. The van der Waals surface area contributed by atoms with E-state index >= 15 is 0 Å². The fourth-order valence-corrected chi connectivity index (χ4v) is 2.09. The van der Waals surface area contributed by atoms with Crippen molar-refractivity contribution < 1.29 is 9.59 Å². The topological polar surface area (TPSA) is 74.8 Å². The number of hydrogen-bond donors (Lipinski definition) is 2. The fraction of sp³-hybridized carbons (Fsp3) is 0.0625. The Hall–Kier alpha value is -2.95. The van der Waals surface area contributed by atoms with Crippen LogP contribution < -0.4 is 5.32 Å². The van der Waals surface area contributed by atoms with Crippen LogP contribution in [0.2, 0.25) is 0 Å². The SMILES string of the molecule is O=C(CC(=O)c1ccccc1)Nc1ccc2nc[nH]c2c1. The number of imidazole rings is 1. The molecule has 2 aromatic carbocycles. The molecular weight excluding hydrogens is 266 g/mol. The van der Waals surface area contributed by atoms with Crippen LogP contribution in [0.4, 0.5) is 5.69 Å².